The van der Waals surface area contributed by atoms with Gasteiger partial charge in [-0.05, 0) is 46.4 Å². The fourth-order valence-electron chi connectivity index (χ4n) is 2.05. The van der Waals surface area contributed by atoms with E-state index in [0.717, 1.165) is 28.9 Å². The number of benzene rings is 1. The molecule has 19 heavy (non-hydrogen) atoms. The predicted molar refractivity (Wildman–Crippen MR) is 83.4 cm³/mol. The zero-order chi connectivity index (χ0) is 14.4. The van der Waals surface area contributed by atoms with Crippen LogP contribution >= 0.6 is 15.9 Å². The number of ether oxygens (including phenoxy) is 2. The summed E-state index contributed by atoms with van der Waals surface area (Å²) in [4.78, 5) is 0. The van der Waals surface area contributed by atoms with Gasteiger partial charge in [0.25, 0.3) is 0 Å². The van der Waals surface area contributed by atoms with Crippen LogP contribution in [-0.4, -0.2) is 26.8 Å². The third kappa shape index (κ3) is 4.39. The van der Waals surface area contributed by atoms with Crippen molar-refractivity contribution in [3.8, 4) is 11.5 Å². The van der Waals surface area contributed by atoms with Crippen LogP contribution in [-0.2, 0) is 0 Å². The first kappa shape index (κ1) is 16.3. The number of halogens is 1. The Kier molecular flexibility index (Phi) is 6.66. The van der Waals surface area contributed by atoms with Gasteiger partial charge in [0.05, 0.1) is 14.2 Å². The average molecular weight is 330 g/mol. The van der Waals surface area contributed by atoms with Gasteiger partial charge in [-0.2, -0.15) is 0 Å². The van der Waals surface area contributed by atoms with Crippen molar-refractivity contribution >= 4 is 15.9 Å². The Morgan fingerprint density at radius 2 is 1.84 bits per heavy atom. The molecular formula is C15H24BrNO2. The molecule has 1 rings (SSSR count). The van der Waals surface area contributed by atoms with Crippen LogP contribution in [0.25, 0.3) is 0 Å². The van der Waals surface area contributed by atoms with Gasteiger partial charge in [0.1, 0.15) is 16.0 Å². The Balaban J connectivity index is 2.84. The van der Waals surface area contributed by atoms with Crippen molar-refractivity contribution < 1.29 is 9.47 Å². The maximum Gasteiger partial charge on any atom is 0.140 e. The number of hydrogen-bond acceptors (Lipinski definition) is 3. The van der Waals surface area contributed by atoms with Gasteiger partial charge in [-0.1, -0.05) is 26.8 Å². The summed E-state index contributed by atoms with van der Waals surface area (Å²) in [5.41, 5.74) is 1.21. The molecule has 0 saturated heterocycles. The molecule has 0 aromatic heterocycles. The monoisotopic (exact) mass is 329 g/mol. The molecule has 1 aromatic carbocycles. The molecule has 0 saturated carbocycles. The molecule has 0 aliphatic heterocycles. The van der Waals surface area contributed by atoms with Crippen molar-refractivity contribution in [1.82, 2.24) is 5.32 Å². The summed E-state index contributed by atoms with van der Waals surface area (Å²) in [5.74, 6) is 2.10. The van der Waals surface area contributed by atoms with E-state index in [0.29, 0.717) is 12.0 Å². The summed E-state index contributed by atoms with van der Waals surface area (Å²) in [7, 11) is 3.36. The minimum atomic E-state index is 0.434. The molecule has 0 fully saturated rings. The van der Waals surface area contributed by atoms with Crippen molar-refractivity contribution in [3.05, 3.63) is 22.2 Å². The van der Waals surface area contributed by atoms with E-state index in [4.69, 9.17) is 9.47 Å². The second kappa shape index (κ2) is 7.75. The first-order valence-corrected chi connectivity index (χ1v) is 7.44. The number of hydrogen-bond donors (Lipinski definition) is 1. The number of nitrogens with one attached hydrogen (secondary N) is 1. The minimum absolute atomic E-state index is 0.434. The van der Waals surface area contributed by atoms with Gasteiger partial charge in [-0.3, -0.25) is 0 Å². The van der Waals surface area contributed by atoms with Crippen molar-refractivity contribution in [1.29, 1.82) is 0 Å². The maximum absolute atomic E-state index is 5.52. The normalized spacial score (nSPS) is 12.6. The summed E-state index contributed by atoms with van der Waals surface area (Å²) in [6, 6.07) is 4.59. The summed E-state index contributed by atoms with van der Waals surface area (Å²) in [5, 5.41) is 3.44. The van der Waals surface area contributed by atoms with E-state index < -0.39 is 0 Å². The second-order valence-electron chi connectivity index (χ2n) is 5.00. The average Bonchev–Trinajstić information content (AvgIpc) is 2.37. The Hall–Kier alpha value is -0.740. The van der Waals surface area contributed by atoms with E-state index in [2.05, 4.69) is 48.1 Å². The van der Waals surface area contributed by atoms with Crippen molar-refractivity contribution in [2.45, 2.75) is 39.2 Å². The van der Waals surface area contributed by atoms with E-state index in [-0.39, 0.29) is 0 Å². The molecule has 3 nitrogen and oxygen atoms in total. The first-order chi connectivity index (χ1) is 9.01. The first-order valence-electron chi connectivity index (χ1n) is 6.65. The molecule has 0 aliphatic rings. The highest BCUT2D eigenvalue weighted by Gasteiger charge is 2.17. The van der Waals surface area contributed by atoms with E-state index in [1.165, 1.54) is 5.56 Å². The van der Waals surface area contributed by atoms with Crippen molar-refractivity contribution in [3.63, 3.8) is 0 Å². The van der Waals surface area contributed by atoms with Crippen LogP contribution in [0.1, 0.15) is 38.7 Å². The highest BCUT2D eigenvalue weighted by atomic mass is 79.9. The van der Waals surface area contributed by atoms with E-state index in [1.807, 2.05) is 6.07 Å². The summed E-state index contributed by atoms with van der Waals surface area (Å²) in [6.45, 7) is 7.55. The van der Waals surface area contributed by atoms with Crippen LogP contribution in [0.15, 0.2) is 16.6 Å². The highest BCUT2D eigenvalue weighted by molar-refractivity contribution is 9.10. The Bertz CT molecular complexity index is 407. The smallest absolute Gasteiger partial charge is 0.140 e. The van der Waals surface area contributed by atoms with Crippen molar-refractivity contribution in [2.24, 2.45) is 0 Å². The topological polar surface area (TPSA) is 30.5 Å². The maximum atomic E-state index is 5.52. The second-order valence-corrected chi connectivity index (χ2v) is 5.80. The molecule has 1 N–H and O–H groups in total. The lowest BCUT2D eigenvalue weighted by Crippen LogP contribution is -2.24. The SMILES string of the molecule is COc1ccc(C(C)CCNC(C)C)c(OC)c1Br. The van der Waals surface area contributed by atoms with Gasteiger partial charge in [0.15, 0.2) is 0 Å². The van der Waals surface area contributed by atoms with Gasteiger partial charge in [0.2, 0.25) is 0 Å². The molecule has 4 heteroatoms. The lowest BCUT2D eigenvalue weighted by molar-refractivity contribution is 0.383. The van der Waals surface area contributed by atoms with Crippen LogP contribution in [0.4, 0.5) is 0 Å². The molecule has 0 heterocycles. The minimum Gasteiger partial charge on any atom is -0.495 e. The summed E-state index contributed by atoms with van der Waals surface area (Å²) < 4.78 is 11.7. The van der Waals surface area contributed by atoms with E-state index in [9.17, 15) is 0 Å². The molecule has 1 unspecified atom stereocenters. The highest BCUT2D eigenvalue weighted by Crippen LogP contribution is 2.40. The van der Waals surface area contributed by atoms with Gasteiger partial charge in [0, 0.05) is 6.04 Å². The third-order valence-electron chi connectivity index (χ3n) is 3.18. The molecule has 0 spiro atoms. The zero-order valence-corrected chi connectivity index (χ0v) is 14.0. The quantitative estimate of drug-likeness (QED) is 0.821. The summed E-state index contributed by atoms with van der Waals surface area (Å²) >= 11 is 3.55. The lowest BCUT2D eigenvalue weighted by Gasteiger charge is -2.19. The predicted octanol–water partition coefficient (Wildman–Crippen LogP) is 3.96. The van der Waals surface area contributed by atoms with Gasteiger partial charge in [-0.15, -0.1) is 0 Å². The fourth-order valence-corrected chi connectivity index (χ4v) is 2.73. The van der Waals surface area contributed by atoms with Gasteiger partial charge < -0.3 is 14.8 Å². The standard InChI is InChI=1S/C15H24BrNO2/c1-10(2)17-9-8-11(3)12-6-7-13(18-4)14(16)15(12)19-5/h6-7,10-11,17H,8-9H2,1-5H3. The molecule has 0 radical (unpaired) electrons. The Labute approximate surface area is 124 Å². The van der Waals surface area contributed by atoms with Crippen LogP contribution < -0.4 is 14.8 Å². The molecule has 1 atom stereocenters. The number of rotatable bonds is 7. The summed E-state index contributed by atoms with van der Waals surface area (Å²) in [6.07, 6.45) is 1.08. The third-order valence-corrected chi connectivity index (χ3v) is 3.93. The van der Waals surface area contributed by atoms with Crippen LogP contribution in [0.5, 0.6) is 11.5 Å². The zero-order valence-electron chi connectivity index (χ0n) is 12.4. The van der Waals surface area contributed by atoms with Crippen LogP contribution in [0, 0.1) is 0 Å². The number of methoxy groups -OCH3 is 2. The molecule has 1 aromatic rings. The van der Waals surface area contributed by atoms with Gasteiger partial charge >= 0.3 is 0 Å². The van der Waals surface area contributed by atoms with E-state index in [1.54, 1.807) is 14.2 Å². The Morgan fingerprint density at radius 3 is 2.37 bits per heavy atom. The van der Waals surface area contributed by atoms with Crippen molar-refractivity contribution in [2.75, 3.05) is 20.8 Å². The van der Waals surface area contributed by atoms with Crippen LogP contribution in [0.2, 0.25) is 0 Å². The molecule has 0 bridgehead atoms. The molecule has 0 amide bonds. The van der Waals surface area contributed by atoms with Crippen LogP contribution in [0.3, 0.4) is 0 Å². The Morgan fingerprint density at radius 1 is 1.16 bits per heavy atom. The lowest BCUT2D eigenvalue weighted by atomic mass is 9.96. The molecular weight excluding hydrogens is 306 g/mol. The fraction of sp³-hybridized carbons (Fsp3) is 0.600. The molecule has 108 valence electrons. The molecule has 0 aliphatic carbocycles. The van der Waals surface area contributed by atoms with Gasteiger partial charge in [-0.25, -0.2) is 0 Å². The largest absolute Gasteiger partial charge is 0.495 e. The van der Waals surface area contributed by atoms with E-state index >= 15 is 0 Å².